The van der Waals surface area contributed by atoms with Crippen LogP contribution in [0.25, 0.3) is 11.4 Å². The topological polar surface area (TPSA) is 37.0 Å². The SMILES string of the molecule is C.C=C(NCCc1ccccc1C)c1ccc(C(=C)NCCc2ccccc2CC)nc1. The van der Waals surface area contributed by atoms with Crippen LogP contribution in [0.2, 0.25) is 0 Å². The van der Waals surface area contributed by atoms with E-state index in [0.29, 0.717) is 0 Å². The van der Waals surface area contributed by atoms with Crippen molar-refractivity contribution in [1.29, 1.82) is 0 Å². The number of hydrogen-bond donors (Lipinski definition) is 2. The summed E-state index contributed by atoms with van der Waals surface area (Å²) in [6, 6.07) is 21.1. The molecule has 0 amide bonds. The zero-order valence-corrected chi connectivity index (χ0v) is 18.7. The Balaban J connectivity index is 0.00000363. The number of aryl methyl sites for hydroxylation is 2. The molecule has 168 valence electrons. The van der Waals surface area contributed by atoms with Crippen LogP contribution in [-0.4, -0.2) is 18.1 Å². The van der Waals surface area contributed by atoms with Gasteiger partial charge in [-0.25, -0.2) is 0 Å². The van der Waals surface area contributed by atoms with Crippen molar-refractivity contribution >= 4 is 11.4 Å². The van der Waals surface area contributed by atoms with Gasteiger partial charge in [-0.05, 0) is 60.6 Å². The molecule has 0 saturated carbocycles. The standard InChI is InChI=1S/C28H33N3.CH4/c1-5-24-11-8-9-13-26(24)17-19-30-23(4)28-15-14-27(20-31-28)22(3)29-18-16-25-12-7-6-10-21(25)2;/h6-15,20,29-30H,3-5,16-19H2,1-2H3;1H4. The van der Waals surface area contributed by atoms with E-state index >= 15 is 0 Å². The minimum absolute atomic E-state index is 0. The molecule has 0 unspecified atom stereocenters. The van der Waals surface area contributed by atoms with Gasteiger partial charge in [0.05, 0.1) is 11.4 Å². The van der Waals surface area contributed by atoms with Gasteiger partial charge in [0, 0.05) is 30.5 Å². The fraction of sp³-hybridized carbons (Fsp3) is 0.276. The number of aromatic nitrogens is 1. The lowest BCUT2D eigenvalue weighted by atomic mass is 10.0. The quantitative estimate of drug-likeness (QED) is 0.383. The van der Waals surface area contributed by atoms with Gasteiger partial charge in [0.1, 0.15) is 0 Å². The Morgan fingerprint density at radius 2 is 1.38 bits per heavy atom. The van der Waals surface area contributed by atoms with Crippen LogP contribution in [-0.2, 0) is 19.3 Å². The van der Waals surface area contributed by atoms with Crippen LogP contribution in [0.4, 0.5) is 0 Å². The van der Waals surface area contributed by atoms with Crippen molar-refractivity contribution in [2.75, 3.05) is 13.1 Å². The Morgan fingerprint density at radius 3 is 2.00 bits per heavy atom. The number of hydrogen-bond acceptors (Lipinski definition) is 3. The highest BCUT2D eigenvalue weighted by Gasteiger charge is 2.05. The third-order valence-electron chi connectivity index (χ3n) is 5.65. The first-order valence-electron chi connectivity index (χ1n) is 11.0. The predicted octanol–water partition coefficient (Wildman–Crippen LogP) is 6.19. The summed E-state index contributed by atoms with van der Waals surface area (Å²) in [7, 11) is 0. The molecule has 0 bridgehead atoms. The predicted molar refractivity (Wildman–Crippen MR) is 139 cm³/mol. The average Bonchev–Trinajstić information content (AvgIpc) is 2.80. The summed E-state index contributed by atoms with van der Waals surface area (Å²) < 4.78 is 0. The second-order valence-corrected chi connectivity index (χ2v) is 7.79. The molecule has 3 nitrogen and oxygen atoms in total. The molecule has 1 aromatic heterocycles. The van der Waals surface area contributed by atoms with Crippen molar-refractivity contribution < 1.29 is 0 Å². The van der Waals surface area contributed by atoms with E-state index in [9.17, 15) is 0 Å². The van der Waals surface area contributed by atoms with Gasteiger partial charge in [-0.1, -0.05) is 76.0 Å². The van der Waals surface area contributed by atoms with E-state index in [0.717, 1.165) is 55.0 Å². The van der Waals surface area contributed by atoms with E-state index in [4.69, 9.17) is 0 Å². The first kappa shape index (κ1) is 24.9. The van der Waals surface area contributed by atoms with Crippen LogP contribution < -0.4 is 10.6 Å². The second kappa shape index (κ2) is 12.5. The maximum Gasteiger partial charge on any atom is 0.0855 e. The molecular formula is C29H37N3. The lowest BCUT2D eigenvalue weighted by Crippen LogP contribution is -2.17. The van der Waals surface area contributed by atoms with Gasteiger partial charge in [0.2, 0.25) is 0 Å². The Bertz CT molecular complexity index is 1020. The lowest BCUT2D eigenvalue weighted by molar-refractivity contribution is 0.833. The Hall–Kier alpha value is -3.33. The summed E-state index contributed by atoms with van der Waals surface area (Å²) in [5, 5.41) is 6.82. The molecule has 2 aromatic carbocycles. The molecule has 32 heavy (non-hydrogen) atoms. The zero-order chi connectivity index (χ0) is 22.1. The monoisotopic (exact) mass is 427 g/mol. The Morgan fingerprint density at radius 1 is 0.781 bits per heavy atom. The van der Waals surface area contributed by atoms with Crippen LogP contribution in [0.5, 0.6) is 0 Å². The fourth-order valence-electron chi connectivity index (χ4n) is 3.68. The van der Waals surface area contributed by atoms with E-state index in [1.807, 2.05) is 18.3 Å². The van der Waals surface area contributed by atoms with Crippen molar-refractivity contribution in [3.63, 3.8) is 0 Å². The third-order valence-corrected chi connectivity index (χ3v) is 5.65. The minimum Gasteiger partial charge on any atom is -0.385 e. The van der Waals surface area contributed by atoms with Crippen molar-refractivity contribution in [2.45, 2.75) is 40.5 Å². The summed E-state index contributed by atoms with van der Waals surface area (Å²) in [6.45, 7) is 14.3. The highest BCUT2D eigenvalue weighted by Crippen LogP contribution is 2.14. The van der Waals surface area contributed by atoms with Gasteiger partial charge < -0.3 is 10.6 Å². The summed E-state index contributed by atoms with van der Waals surface area (Å²) in [6.07, 6.45) is 4.86. The first-order valence-corrected chi connectivity index (χ1v) is 11.0. The molecule has 1 heterocycles. The molecule has 2 N–H and O–H groups in total. The Labute approximate surface area is 194 Å². The molecule has 3 aromatic rings. The molecule has 3 heteroatoms. The van der Waals surface area contributed by atoms with Gasteiger partial charge in [-0.15, -0.1) is 0 Å². The summed E-state index contributed by atoms with van der Waals surface area (Å²) in [5.74, 6) is 0. The van der Waals surface area contributed by atoms with Crippen LogP contribution in [0.3, 0.4) is 0 Å². The van der Waals surface area contributed by atoms with Crippen molar-refractivity contribution in [3.8, 4) is 0 Å². The van der Waals surface area contributed by atoms with E-state index in [2.05, 4.69) is 91.2 Å². The van der Waals surface area contributed by atoms with Crippen LogP contribution in [0.15, 0.2) is 80.0 Å². The van der Waals surface area contributed by atoms with E-state index in [-0.39, 0.29) is 7.43 Å². The molecule has 0 spiro atoms. The van der Waals surface area contributed by atoms with Gasteiger partial charge in [-0.3, -0.25) is 4.98 Å². The highest BCUT2D eigenvalue weighted by molar-refractivity contribution is 5.64. The molecule has 0 aliphatic rings. The van der Waals surface area contributed by atoms with Crippen molar-refractivity contribution in [2.24, 2.45) is 0 Å². The lowest BCUT2D eigenvalue weighted by Gasteiger charge is -2.13. The van der Waals surface area contributed by atoms with Crippen LogP contribution in [0, 0.1) is 6.92 Å². The number of nitrogens with zero attached hydrogens (tertiary/aromatic N) is 1. The second-order valence-electron chi connectivity index (χ2n) is 7.79. The van der Waals surface area contributed by atoms with E-state index in [1.165, 1.54) is 22.3 Å². The normalized spacial score (nSPS) is 10.2. The zero-order valence-electron chi connectivity index (χ0n) is 18.7. The molecule has 0 atom stereocenters. The van der Waals surface area contributed by atoms with E-state index in [1.54, 1.807) is 0 Å². The fourth-order valence-corrected chi connectivity index (χ4v) is 3.68. The van der Waals surface area contributed by atoms with Crippen molar-refractivity contribution in [1.82, 2.24) is 15.6 Å². The minimum atomic E-state index is 0. The summed E-state index contributed by atoms with van der Waals surface area (Å²) >= 11 is 0. The summed E-state index contributed by atoms with van der Waals surface area (Å²) in [4.78, 5) is 4.58. The van der Waals surface area contributed by atoms with Crippen LogP contribution in [0.1, 0.15) is 47.9 Å². The van der Waals surface area contributed by atoms with Gasteiger partial charge >= 0.3 is 0 Å². The Kier molecular flexibility index (Phi) is 9.75. The third kappa shape index (κ3) is 6.84. The molecule has 0 radical (unpaired) electrons. The highest BCUT2D eigenvalue weighted by atomic mass is 14.9. The van der Waals surface area contributed by atoms with Crippen molar-refractivity contribution in [3.05, 3.63) is 114 Å². The molecule has 0 fully saturated rings. The van der Waals surface area contributed by atoms with Gasteiger partial charge in [0.25, 0.3) is 0 Å². The largest absolute Gasteiger partial charge is 0.385 e. The smallest absolute Gasteiger partial charge is 0.0855 e. The maximum atomic E-state index is 4.58. The summed E-state index contributed by atoms with van der Waals surface area (Å²) in [5.41, 5.74) is 9.08. The first-order chi connectivity index (χ1) is 15.1. The average molecular weight is 428 g/mol. The van der Waals surface area contributed by atoms with Gasteiger partial charge in [-0.2, -0.15) is 0 Å². The number of rotatable bonds is 11. The van der Waals surface area contributed by atoms with Crippen LogP contribution >= 0.6 is 0 Å². The maximum absolute atomic E-state index is 4.58. The molecule has 0 aliphatic carbocycles. The number of benzene rings is 2. The molecule has 0 aliphatic heterocycles. The number of nitrogens with one attached hydrogen (secondary N) is 2. The van der Waals surface area contributed by atoms with Gasteiger partial charge in [0.15, 0.2) is 0 Å². The molecular weight excluding hydrogens is 390 g/mol. The molecule has 0 saturated heterocycles. The molecule has 3 rings (SSSR count). The van der Waals surface area contributed by atoms with E-state index < -0.39 is 0 Å². The number of pyridine rings is 1.